The number of hydrogen-bond donors (Lipinski definition) is 2. The number of sulfonamides is 1. The largest absolute Gasteiger partial charge is 0.497 e. The summed E-state index contributed by atoms with van der Waals surface area (Å²) in [5, 5.41) is 3.01. The summed E-state index contributed by atoms with van der Waals surface area (Å²) < 4.78 is 37.1. The Morgan fingerprint density at radius 3 is 2.28 bits per heavy atom. The number of rotatable bonds is 11. The molecule has 174 valence electrons. The normalized spacial score (nSPS) is 15.4. The van der Waals surface area contributed by atoms with Crippen LogP contribution in [0.2, 0.25) is 0 Å². The Morgan fingerprint density at radius 2 is 1.69 bits per heavy atom. The van der Waals surface area contributed by atoms with E-state index >= 15 is 0 Å². The fourth-order valence-corrected chi connectivity index (χ4v) is 4.79. The Bertz CT molecular complexity index is 972. The fourth-order valence-electron chi connectivity index (χ4n) is 3.78. The summed E-state index contributed by atoms with van der Waals surface area (Å²) in [6, 6.07) is 13.9. The number of benzene rings is 2. The third-order valence-corrected chi connectivity index (χ3v) is 7.04. The van der Waals surface area contributed by atoms with Gasteiger partial charge in [-0.25, -0.2) is 13.1 Å². The minimum absolute atomic E-state index is 0.0667. The number of amides is 1. The second-order valence-electron chi connectivity index (χ2n) is 7.66. The molecule has 8 nitrogen and oxygen atoms in total. The van der Waals surface area contributed by atoms with Crippen molar-refractivity contribution in [3.63, 3.8) is 0 Å². The fraction of sp³-hybridized carbons (Fsp3) is 0.435. The van der Waals surface area contributed by atoms with Crippen molar-refractivity contribution in [1.29, 1.82) is 0 Å². The van der Waals surface area contributed by atoms with Crippen LogP contribution < -0.4 is 14.8 Å². The summed E-state index contributed by atoms with van der Waals surface area (Å²) in [4.78, 5) is 15.2. The number of methoxy groups -OCH3 is 2. The minimum atomic E-state index is -3.63. The van der Waals surface area contributed by atoms with Gasteiger partial charge >= 0.3 is 0 Å². The van der Waals surface area contributed by atoms with Gasteiger partial charge < -0.3 is 14.8 Å². The van der Waals surface area contributed by atoms with E-state index in [1.807, 2.05) is 24.3 Å². The van der Waals surface area contributed by atoms with Crippen LogP contribution in [0.25, 0.3) is 0 Å². The van der Waals surface area contributed by atoms with Crippen molar-refractivity contribution in [3.8, 4) is 5.75 Å². The highest BCUT2D eigenvalue weighted by Gasteiger charge is 2.24. The zero-order valence-corrected chi connectivity index (χ0v) is 19.4. The monoisotopic (exact) mass is 461 g/mol. The smallest absolute Gasteiger partial charge is 0.251 e. The van der Waals surface area contributed by atoms with Crippen molar-refractivity contribution in [2.24, 2.45) is 0 Å². The number of nitrogens with one attached hydrogen (secondary N) is 2. The Balaban J connectivity index is 1.65. The number of ether oxygens (including phenoxy) is 2. The van der Waals surface area contributed by atoms with Gasteiger partial charge in [-0.1, -0.05) is 12.1 Å². The number of likely N-dealkylation sites (tertiary alicyclic amines) is 1. The first-order valence-corrected chi connectivity index (χ1v) is 12.2. The van der Waals surface area contributed by atoms with E-state index in [1.54, 1.807) is 7.11 Å². The molecular weight excluding hydrogens is 430 g/mol. The van der Waals surface area contributed by atoms with Gasteiger partial charge in [0.15, 0.2) is 0 Å². The molecule has 1 aliphatic rings. The highest BCUT2D eigenvalue weighted by atomic mass is 32.2. The van der Waals surface area contributed by atoms with Crippen LogP contribution in [-0.2, 0) is 14.8 Å². The van der Waals surface area contributed by atoms with Gasteiger partial charge in [-0.2, -0.15) is 0 Å². The van der Waals surface area contributed by atoms with Gasteiger partial charge in [0, 0.05) is 25.8 Å². The van der Waals surface area contributed by atoms with Crippen LogP contribution in [0, 0.1) is 0 Å². The minimum Gasteiger partial charge on any atom is -0.497 e. The quantitative estimate of drug-likeness (QED) is 0.498. The molecule has 0 aromatic heterocycles. The van der Waals surface area contributed by atoms with Crippen LogP contribution in [-0.4, -0.2) is 66.2 Å². The van der Waals surface area contributed by atoms with Gasteiger partial charge in [-0.05, 0) is 67.9 Å². The molecule has 9 heteroatoms. The van der Waals surface area contributed by atoms with Crippen molar-refractivity contribution in [3.05, 3.63) is 59.7 Å². The third kappa shape index (κ3) is 6.29. The second kappa shape index (κ2) is 11.4. The molecule has 0 aliphatic carbocycles. The standard InChI is InChI=1S/C23H31N3O5S/c1-30-16-13-25-32(28,29)21-11-7-19(8-12-21)23(27)24-17-22(26-14-3-4-15-26)18-5-9-20(31-2)10-6-18/h5-12,22,25H,3-4,13-17H2,1-2H3,(H,24,27)/t22-/m1/s1. The van der Waals surface area contributed by atoms with E-state index in [1.165, 1.54) is 31.4 Å². The van der Waals surface area contributed by atoms with Crippen LogP contribution in [0.5, 0.6) is 5.75 Å². The van der Waals surface area contributed by atoms with Crippen molar-refractivity contribution in [2.45, 2.75) is 23.8 Å². The second-order valence-corrected chi connectivity index (χ2v) is 9.42. The first-order valence-electron chi connectivity index (χ1n) is 10.7. The number of carbonyl (C=O) groups excluding carboxylic acids is 1. The molecule has 1 fully saturated rings. The molecule has 0 bridgehead atoms. The average Bonchev–Trinajstić information content (AvgIpc) is 3.34. The Labute approximate surface area is 190 Å². The molecule has 0 unspecified atom stereocenters. The molecule has 0 saturated carbocycles. The lowest BCUT2D eigenvalue weighted by Gasteiger charge is -2.28. The molecule has 2 N–H and O–H groups in total. The van der Waals surface area contributed by atoms with E-state index < -0.39 is 10.0 Å². The maximum absolute atomic E-state index is 12.7. The molecule has 1 heterocycles. The SMILES string of the molecule is COCCNS(=O)(=O)c1ccc(C(=O)NC[C@H](c2ccc(OC)cc2)N2CCCC2)cc1. The Morgan fingerprint density at radius 1 is 1.03 bits per heavy atom. The molecule has 1 atom stereocenters. The van der Waals surface area contributed by atoms with E-state index in [4.69, 9.17) is 9.47 Å². The molecule has 1 aliphatic heterocycles. The summed E-state index contributed by atoms with van der Waals surface area (Å²) in [5.41, 5.74) is 1.53. The van der Waals surface area contributed by atoms with E-state index in [0.29, 0.717) is 12.1 Å². The van der Waals surface area contributed by atoms with E-state index in [0.717, 1.165) is 37.2 Å². The van der Waals surface area contributed by atoms with Gasteiger partial charge in [-0.3, -0.25) is 9.69 Å². The summed E-state index contributed by atoms with van der Waals surface area (Å²) in [5.74, 6) is 0.559. The van der Waals surface area contributed by atoms with Gasteiger partial charge in [-0.15, -0.1) is 0 Å². The zero-order chi connectivity index (χ0) is 23.0. The van der Waals surface area contributed by atoms with E-state index in [9.17, 15) is 13.2 Å². The molecule has 32 heavy (non-hydrogen) atoms. The van der Waals surface area contributed by atoms with Crippen molar-refractivity contribution < 1.29 is 22.7 Å². The predicted molar refractivity (Wildman–Crippen MR) is 122 cm³/mol. The Hall–Kier alpha value is -2.46. The summed E-state index contributed by atoms with van der Waals surface area (Å²) in [6.45, 7) is 2.92. The summed E-state index contributed by atoms with van der Waals surface area (Å²) in [7, 11) is -0.489. The first-order chi connectivity index (χ1) is 15.4. The topological polar surface area (TPSA) is 97.0 Å². The number of carbonyl (C=O) groups is 1. The Kier molecular flexibility index (Phi) is 8.63. The first kappa shape index (κ1) is 24.2. The van der Waals surface area contributed by atoms with E-state index in [2.05, 4.69) is 14.9 Å². The van der Waals surface area contributed by atoms with Crippen LogP contribution in [0.3, 0.4) is 0 Å². The van der Waals surface area contributed by atoms with Crippen LogP contribution in [0.4, 0.5) is 0 Å². The number of nitrogens with zero attached hydrogens (tertiary/aromatic N) is 1. The van der Waals surface area contributed by atoms with E-state index in [-0.39, 0.29) is 30.0 Å². The molecule has 1 amide bonds. The lowest BCUT2D eigenvalue weighted by atomic mass is 10.0. The highest BCUT2D eigenvalue weighted by molar-refractivity contribution is 7.89. The third-order valence-electron chi connectivity index (χ3n) is 5.56. The molecule has 3 rings (SSSR count). The van der Waals surface area contributed by atoms with Gasteiger partial charge in [0.1, 0.15) is 5.75 Å². The molecule has 0 radical (unpaired) electrons. The van der Waals surface area contributed by atoms with Crippen molar-refractivity contribution >= 4 is 15.9 Å². The lowest BCUT2D eigenvalue weighted by Crippen LogP contribution is -2.36. The molecule has 2 aromatic carbocycles. The number of hydrogen-bond acceptors (Lipinski definition) is 6. The maximum atomic E-state index is 12.7. The molecule has 0 spiro atoms. The van der Waals surface area contributed by atoms with Gasteiger partial charge in [0.05, 0.1) is 24.7 Å². The molecule has 2 aromatic rings. The lowest BCUT2D eigenvalue weighted by molar-refractivity contribution is 0.0937. The zero-order valence-electron chi connectivity index (χ0n) is 18.5. The van der Waals surface area contributed by atoms with Gasteiger partial charge in [0.25, 0.3) is 5.91 Å². The summed E-state index contributed by atoms with van der Waals surface area (Å²) in [6.07, 6.45) is 2.30. The predicted octanol–water partition coefficient (Wildman–Crippen LogP) is 2.19. The van der Waals surface area contributed by atoms with Crippen LogP contribution in [0.15, 0.2) is 53.4 Å². The van der Waals surface area contributed by atoms with Crippen molar-refractivity contribution in [2.75, 3.05) is 47.0 Å². The highest BCUT2D eigenvalue weighted by Crippen LogP contribution is 2.26. The van der Waals surface area contributed by atoms with Crippen molar-refractivity contribution in [1.82, 2.24) is 14.9 Å². The van der Waals surface area contributed by atoms with Crippen LogP contribution in [0.1, 0.15) is 34.8 Å². The average molecular weight is 462 g/mol. The molecular formula is C23H31N3O5S. The summed E-state index contributed by atoms with van der Waals surface area (Å²) >= 11 is 0. The maximum Gasteiger partial charge on any atom is 0.251 e. The van der Waals surface area contributed by atoms with Gasteiger partial charge in [0.2, 0.25) is 10.0 Å². The van der Waals surface area contributed by atoms with Crippen LogP contribution >= 0.6 is 0 Å². The molecule has 1 saturated heterocycles.